The number of guanidine groups is 1. The molecular weight excluding hydrogens is 282 g/mol. The van der Waals surface area contributed by atoms with Crippen LogP contribution in [0.1, 0.15) is 24.3 Å². The summed E-state index contributed by atoms with van der Waals surface area (Å²) in [5, 5.41) is 13.0. The molecule has 0 bridgehead atoms. The Bertz CT molecular complexity index is 583. The van der Waals surface area contributed by atoms with Gasteiger partial charge in [0.15, 0.2) is 5.96 Å². The number of hydrogen-bond acceptors (Lipinski definition) is 3. The SMILES string of the molecule is CN=C(NCc1cnn(C)c1)NCC(C)(C)c1cccs1. The van der Waals surface area contributed by atoms with Gasteiger partial charge in [-0.1, -0.05) is 19.9 Å². The van der Waals surface area contributed by atoms with E-state index in [1.807, 2.05) is 19.4 Å². The molecule has 114 valence electrons. The molecule has 0 aromatic carbocycles. The van der Waals surface area contributed by atoms with Gasteiger partial charge in [-0.3, -0.25) is 9.67 Å². The van der Waals surface area contributed by atoms with Crippen LogP contribution >= 0.6 is 11.3 Å². The summed E-state index contributed by atoms with van der Waals surface area (Å²) in [7, 11) is 3.71. The normalized spacial score (nSPS) is 12.5. The van der Waals surface area contributed by atoms with Crippen LogP contribution in [0.5, 0.6) is 0 Å². The number of rotatable bonds is 5. The molecule has 0 saturated heterocycles. The average Bonchev–Trinajstić information content (AvgIpc) is 3.10. The third-order valence-corrected chi connectivity index (χ3v) is 4.56. The third-order valence-electron chi connectivity index (χ3n) is 3.33. The van der Waals surface area contributed by atoms with Crippen molar-refractivity contribution < 1.29 is 0 Å². The molecule has 6 heteroatoms. The van der Waals surface area contributed by atoms with Crippen molar-refractivity contribution in [2.24, 2.45) is 12.0 Å². The predicted octanol–water partition coefficient (Wildman–Crippen LogP) is 2.12. The maximum absolute atomic E-state index is 4.26. The summed E-state index contributed by atoms with van der Waals surface area (Å²) in [4.78, 5) is 5.64. The van der Waals surface area contributed by atoms with Crippen molar-refractivity contribution >= 4 is 17.3 Å². The van der Waals surface area contributed by atoms with E-state index >= 15 is 0 Å². The molecule has 0 atom stereocenters. The zero-order valence-electron chi connectivity index (χ0n) is 13.1. The Kier molecular flexibility index (Phi) is 5.01. The van der Waals surface area contributed by atoms with Crippen LogP contribution in [0.25, 0.3) is 0 Å². The van der Waals surface area contributed by atoms with Crippen molar-refractivity contribution in [1.82, 2.24) is 20.4 Å². The largest absolute Gasteiger partial charge is 0.356 e. The van der Waals surface area contributed by atoms with E-state index in [1.165, 1.54) is 4.88 Å². The van der Waals surface area contributed by atoms with Crippen molar-refractivity contribution in [3.8, 4) is 0 Å². The Morgan fingerprint density at radius 3 is 2.81 bits per heavy atom. The lowest BCUT2D eigenvalue weighted by Gasteiger charge is -2.25. The summed E-state index contributed by atoms with van der Waals surface area (Å²) in [6.45, 7) is 6.02. The van der Waals surface area contributed by atoms with E-state index in [9.17, 15) is 0 Å². The van der Waals surface area contributed by atoms with Crippen LogP contribution in [-0.2, 0) is 19.0 Å². The topological polar surface area (TPSA) is 54.2 Å². The zero-order valence-corrected chi connectivity index (χ0v) is 13.9. The molecular formula is C15H23N5S. The Morgan fingerprint density at radius 1 is 1.43 bits per heavy atom. The number of aliphatic imine (C=N–C) groups is 1. The Labute approximate surface area is 130 Å². The molecule has 0 amide bonds. The molecule has 0 radical (unpaired) electrons. The van der Waals surface area contributed by atoms with E-state index in [4.69, 9.17) is 0 Å². The van der Waals surface area contributed by atoms with Crippen LogP contribution in [0.15, 0.2) is 34.9 Å². The van der Waals surface area contributed by atoms with Gasteiger partial charge in [0.1, 0.15) is 0 Å². The molecule has 2 rings (SSSR count). The fourth-order valence-corrected chi connectivity index (χ4v) is 2.88. The van der Waals surface area contributed by atoms with Gasteiger partial charge in [0.25, 0.3) is 0 Å². The summed E-state index contributed by atoms with van der Waals surface area (Å²) in [6, 6.07) is 4.27. The maximum Gasteiger partial charge on any atom is 0.191 e. The maximum atomic E-state index is 4.26. The highest BCUT2D eigenvalue weighted by Gasteiger charge is 2.21. The number of thiophene rings is 1. The number of nitrogens with one attached hydrogen (secondary N) is 2. The summed E-state index contributed by atoms with van der Waals surface area (Å²) < 4.78 is 1.80. The number of nitrogens with zero attached hydrogens (tertiary/aromatic N) is 3. The average molecular weight is 305 g/mol. The highest BCUT2D eigenvalue weighted by atomic mass is 32.1. The van der Waals surface area contributed by atoms with Crippen LogP contribution < -0.4 is 10.6 Å². The summed E-state index contributed by atoms with van der Waals surface area (Å²) in [5.74, 6) is 0.809. The molecule has 2 heterocycles. The molecule has 2 aromatic rings. The lowest BCUT2D eigenvalue weighted by Crippen LogP contribution is -2.42. The molecule has 0 fully saturated rings. The van der Waals surface area contributed by atoms with Crippen molar-refractivity contribution in [2.75, 3.05) is 13.6 Å². The zero-order chi connectivity index (χ0) is 15.3. The molecule has 0 aliphatic heterocycles. The molecule has 0 aliphatic rings. The third kappa shape index (κ3) is 4.32. The number of aryl methyl sites for hydroxylation is 1. The van der Waals surface area contributed by atoms with Crippen molar-refractivity contribution in [3.63, 3.8) is 0 Å². The van der Waals surface area contributed by atoms with Gasteiger partial charge in [-0.05, 0) is 11.4 Å². The summed E-state index contributed by atoms with van der Waals surface area (Å²) in [5.41, 5.74) is 1.22. The fourth-order valence-electron chi connectivity index (χ4n) is 2.03. The fraction of sp³-hybridized carbons (Fsp3) is 0.467. The Balaban J connectivity index is 1.85. The molecule has 2 N–H and O–H groups in total. The van der Waals surface area contributed by atoms with Gasteiger partial charge in [0, 0.05) is 49.2 Å². The molecule has 0 saturated carbocycles. The van der Waals surface area contributed by atoms with Crippen molar-refractivity contribution in [3.05, 3.63) is 40.3 Å². The smallest absolute Gasteiger partial charge is 0.191 e. The number of hydrogen-bond donors (Lipinski definition) is 2. The second kappa shape index (κ2) is 6.76. The minimum absolute atomic E-state index is 0.0834. The first-order chi connectivity index (χ1) is 10.0. The number of aromatic nitrogens is 2. The molecule has 21 heavy (non-hydrogen) atoms. The Morgan fingerprint density at radius 2 is 2.24 bits per heavy atom. The Hall–Kier alpha value is -1.82. The van der Waals surface area contributed by atoms with Gasteiger partial charge in [0.05, 0.1) is 6.20 Å². The van der Waals surface area contributed by atoms with Gasteiger partial charge >= 0.3 is 0 Å². The second-order valence-electron chi connectivity index (χ2n) is 5.66. The van der Waals surface area contributed by atoms with Gasteiger partial charge in [-0.15, -0.1) is 11.3 Å². The van der Waals surface area contributed by atoms with Crippen LogP contribution in [0.3, 0.4) is 0 Å². The monoisotopic (exact) mass is 305 g/mol. The first-order valence-electron chi connectivity index (χ1n) is 6.97. The van der Waals surface area contributed by atoms with E-state index in [0.717, 1.165) is 18.1 Å². The summed E-state index contributed by atoms with van der Waals surface area (Å²) in [6.07, 6.45) is 3.85. The highest BCUT2D eigenvalue weighted by Crippen LogP contribution is 2.26. The van der Waals surface area contributed by atoms with Crippen molar-refractivity contribution in [2.45, 2.75) is 25.8 Å². The van der Waals surface area contributed by atoms with Gasteiger partial charge < -0.3 is 10.6 Å². The minimum atomic E-state index is 0.0834. The summed E-state index contributed by atoms with van der Waals surface area (Å²) >= 11 is 1.79. The lowest BCUT2D eigenvalue weighted by molar-refractivity contribution is 0.518. The van der Waals surface area contributed by atoms with E-state index in [1.54, 1.807) is 23.1 Å². The van der Waals surface area contributed by atoms with Gasteiger partial charge in [0.2, 0.25) is 0 Å². The first kappa shape index (κ1) is 15.6. The molecule has 2 aromatic heterocycles. The predicted molar refractivity (Wildman–Crippen MR) is 88.8 cm³/mol. The van der Waals surface area contributed by atoms with Crippen molar-refractivity contribution in [1.29, 1.82) is 0 Å². The quantitative estimate of drug-likeness (QED) is 0.657. The van der Waals surface area contributed by atoms with E-state index in [0.29, 0.717) is 6.54 Å². The molecule has 0 aliphatic carbocycles. The van der Waals surface area contributed by atoms with Gasteiger partial charge in [-0.25, -0.2) is 0 Å². The lowest BCUT2D eigenvalue weighted by atomic mass is 9.91. The molecule has 0 unspecified atom stereocenters. The molecule has 0 spiro atoms. The molecule has 5 nitrogen and oxygen atoms in total. The van der Waals surface area contributed by atoms with Crippen LogP contribution in [0, 0.1) is 0 Å². The first-order valence-corrected chi connectivity index (χ1v) is 7.85. The van der Waals surface area contributed by atoms with E-state index in [2.05, 4.69) is 52.1 Å². The minimum Gasteiger partial charge on any atom is -0.356 e. The van der Waals surface area contributed by atoms with Gasteiger partial charge in [-0.2, -0.15) is 5.10 Å². The highest BCUT2D eigenvalue weighted by molar-refractivity contribution is 7.10. The van der Waals surface area contributed by atoms with E-state index < -0.39 is 0 Å². The van der Waals surface area contributed by atoms with Crippen LogP contribution in [0.4, 0.5) is 0 Å². The van der Waals surface area contributed by atoms with E-state index in [-0.39, 0.29) is 5.41 Å². The van der Waals surface area contributed by atoms with Crippen LogP contribution in [0.2, 0.25) is 0 Å². The standard InChI is InChI=1S/C15H23N5S/c1-15(2,13-6-5-7-21-13)11-18-14(16-3)17-8-12-9-19-20(4)10-12/h5-7,9-10H,8,11H2,1-4H3,(H2,16,17,18). The second-order valence-corrected chi connectivity index (χ2v) is 6.61. The van der Waals surface area contributed by atoms with Crippen LogP contribution in [-0.4, -0.2) is 29.3 Å².